The number of hydrogen-bond donors (Lipinski definition) is 2. The Labute approximate surface area is 126 Å². The highest BCUT2D eigenvalue weighted by atomic mass is 16.5. The fourth-order valence-corrected chi connectivity index (χ4v) is 2.80. The monoisotopic (exact) mass is 291 g/mol. The Bertz CT molecular complexity index is 478. The Morgan fingerprint density at radius 2 is 2.24 bits per heavy atom. The number of ether oxygens (including phenoxy) is 1. The van der Waals surface area contributed by atoms with Crippen LogP contribution in [0.4, 0.5) is 5.69 Å². The fourth-order valence-electron chi connectivity index (χ4n) is 2.80. The van der Waals surface area contributed by atoms with Gasteiger partial charge >= 0.3 is 0 Å². The van der Waals surface area contributed by atoms with E-state index in [1.165, 1.54) is 0 Å². The number of para-hydroxylation sites is 2. The zero-order valence-electron chi connectivity index (χ0n) is 12.8. The van der Waals surface area contributed by atoms with Crippen molar-refractivity contribution >= 4 is 11.6 Å². The predicted octanol–water partition coefficient (Wildman–Crippen LogP) is 1.84. The second kappa shape index (κ2) is 7.43. The molecule has 0 spiro atoms. The van der Waals surface area contributed by atoms with Gasteiger partial charge in [0.1, 0.15) is 5.75 Å². The van der Waals surface area contributed by atoms with Gasteiger partial charge in [-0.05, 0) is 38.4 Å². The summed E-state index contributed by atoms with van der Waals surface area (Å²) >= 11 is 0. The smallest absolute Gasteiger partial charge is 0.225 e. The molecule has 1 heterocycles. The maximum atomic E-state index is 12.1. The summed E-state index contributed by atoms with van der Waals surface area (Å²) in [4.78, 5) is 14.4. The quantitative estimate of drug-likeness (QED) is 0.868. The summed E-state index contributed by atoms with van der Waals surface area (Å²) in [5.41, 5.74) is 6.68. The maximum absolute atomic E-state index is 12.1. The average Bonchev–Trinajstić information content (AvgIpc) is 2.47. The van der Waals surface area contributed by atoms with Gasteiger partial charge in [0.25, 0.3) is 0 Å². The van der Waals surface area contributed by atoms with Crippen LogP contribution < -0.4 is 15.8 Å². The van der Waals surface area contributed by atoms with E-state index in [2.05, 4.69) is 17.1 Å². The number of nitrogens with zero attached hydrogens (tertiary/aromatic N) is 1. The van der Waals surface area contributed by atoms with Crippen LogP contribution in [0.5, 0.6) is 5.75 Å². The molecule has 1 aliphatic heterocycles. The van der Waals surface area contributed by atoms with Gasteiger partial charge < -0.3 is 20.7 Å². The van der Waals surface area contributed by atoms with Crippen LogP contribution in [-0.4, -0.2) is 43.1 Å². The van der Waals surface area contributed by atoms with E-state index in [1.807, 2.05) is 24.3 Å². The van der Waals surface area contributed by atoms with Crippen LogP contribution in [0.1, 0.15) is 26.2 Å². The lowest BCUT2D eigenvalue weighted by atomic mass is 9.99. The molecule has 1 amide bonds. The van der Waals surface area contributed by atoms with Crippen LogP contribution in [-0.2, 0) is 4.79 Å². The van der Waals surface area contributed by atoms with Crippen LogP contribution in [0.15, 0.2) is 24.3 Å². The van der Waals surface area contributed by atoms with Crippen molar-refractivity contribution in [3.63, 3.8) is 0 Å². The van der Waals surface area contributed by atoms with Crippen molar-refractivity contribution in [2.45, 2.75) is 38.3 Å². The number of piperidine rings is 1. The van der Waals surface area contributed by atoms with Gasteiger partial charge in [-0.1, -0.05) is 12.1 Å². The lowest BCUT2D eigenvalue weighted by Gasteiger charge is -2.36. The van der Waals surface area contributed by atoms with Crippen molar-refractivity contribution in [2.75, 3.05) is 25.5 Å². The molecule has 1 aliphatic rings. The van der Waals surface area contributed by atoms with Crippen molar-refractivity contribution in [2.24, 2.45) is 5.73 Å². The molecule has 0 bridgehead atoms. The summed E-state index contributed by atoms with van der Waals surface area (Å²) in [7, 11) is 1.60. The molecule has 116 valence electrons. The number of carbonyl (C=O) groups is 1. The average molecular weight is 291 g/mol. The molecule has 0 saturated carbocycles. The summed E-state index contributed by atoms with van der Waals surface area (Å²) in [6, 6.07) is 8.20. The van der Waals surface area contributed by atoms with E-state index >= 15 is 0 Å². The van der Waals surface area contributed by atoms with E-state index in [-0.39, 0.29) is 5.91 Å². The van der Waals surface area contributed by atoms with Gasteiger partial charge in [-0.25, -0.2) is 0 Å². The van der Waals surface area contributed by atoms with Crippen molar-refractivity contribution < 1.29 is 9.53 Å². The molecule has 1 aromatic rings. The Balaban J connectivity index is 1.82. The highest BCUT2D eigenvalue weighted by Gasteiger charge is 2.23. The standard InChI is InChI=1S/C16H25N3O2/c1-12-11-13(17)7-9-19(12)10-8-16(20)18-14-5-3-4-6-15(14)21-2/h3-6,12-13H,7-11,17H2,1-2H3,(H,18,20). The normalized spacial score (nSPS) is 22.8. The Morgan fingerprint density at radius 3 is 2.95 bits per heavy atom. The predicted molar refractivity (Wildman–Crippen MR) is 84.5 cm³/mol. The third-order valence-corrected chi connectivity index (χ3v) is 4.06. The number of benzene rings is 1. The summed E-state index contributed by atoms with van der Waals surface area (Å²) < 4.78 is 5.23. The number of carbonyl (C=O) groups excluding carboxylic acids is 1. The molecule has 2 atom stereocenters. The van der Waals surface area contributed by atoms with E-state index in [9.17, 15) is 4.79 Å². The van der Waals surface area contributed by atoms with Crippen LogP contribution >= 0.6 is 0 Å². The van der Waals surface area contributed by atoms with Gasteiger partial charge in [-0.15, -0.1) is 0 Å². The molecule has 3 N–H and O–H groups in total. The molecule has 1 aromatic carbocycles. The Kier molecular flexibility index (Phi) is 5.59. The second-order valence-corrected chi connectivity index (χ2v) is 5.67. The molecule has 5 nitrogen and oxygen atoms in total. The first-order chi connectivity index (χ1) is 10.1. The largest absolute Gasteiger partial charge is 0.495 e. The van der Waals surface area contributed by atoms with Gasteiger partial charge in [0.15, 0.2) is 0 Å². The molecule has 5 heteroatoms. The van der Waals surface area contributed by atoms with Crippen LogP contribution in [0.25, 0.3) is 0 Å². The van der Waals surface area contributed by atoms with E-state index in [0.29, 0.717) is 24.3 Å². The lowest BCUT2D eigenvalue weighted by molar-refractivity contribution is -0.116. The SMILES string of the molecule is COc1ccccc1NC(=O)CCN1CCC(N)CC1C. The number of hydrogen-bond acceptors (Lipinski definition) is 4. The summed E-state index contributed by atoms with van der Waals surface area (Å²) in [6.45, 7) is 3.93. The third kappa shape index (κ3) is 4.44. The summed E-state index contributed by atoms with van der Waals surface area (Å²) in [5.74, 6) is 0.699. The Morgan fingerprint density at radius 1 is 1.48 bits per heavy atom. The zero-order chi connectivity index (χ0) is 15.2. The molecule has 0 radical (unpaired) electrons. The molecular weight excluding hydrogens is 266 g/mol. The fraction of sp³-hybridized carbons (Fsp3) is 0.562. The van der Waals surface area contributed by atoms with Crippen molar-refractivity contribution in [1.82, 2.24) is 4.90 Å². The van der Waals surface area contributed by atoms with Gasteiger partial charge in [0.2, 0.25) is 5.91 Å². The minimum Gasteiger partial charge on any atom is -0.495 e. The Hall–Kier alpha value is -1.59. The summed E-state index contributed by atoms with van der Waals surface area (Å²) in [6.07, 6.45) is 2.50. The summed E-state index contributed by atoms with van der Waals surface area (Å²) in [5, 5.41) is 2.91. The number of nitrogens with one attached hydrogen (secondary N) is 1. The number of nitrogens with two attached hydrogens (primary N) is 1. The van der Waals surface area contributed by atoms with Crippen molar-refractivity contribution in [1.29, 1.82) is 0 Å². The minimum atomic E-state index is 0.0153. The molecule has 1 fully saturated rings. The van der Waals surface area contributed by atoms with E-state index in [1.54, 1.807) is 7.11 Å². The lowest BCUT2D eigenvalue weighted by Crippen LogP contribution is -2.46. The van der Waals surface area contributed by atoms with Gasteiger partial charge in [0.05, 0.1) is 12.8 Å². The number of anilines is 1. The zero-order valence-corrected chi connectivity index (χ0v) is 12.8. The first-order valence-corrected chi connectivity index (χ1v) is 7.52. The van der Waals surface area contributed by atoms with E-state index < -0.39 is 0 Å². The van der Waals surface area contributed by atoms with Gasteiger partial charge in [0, 0.05) is 25.0 Å². The molecular formula is C16H25N3O2. The first-order valence-electron chi connectivity index (χ1n) is 7.52. The number of likely N-dealkylation sites (tertiary alicyclic amines) is 1. The molecule has 21 heavy (non-hydrogen) atoms. The topological polar surface area (TPSA) is 67.6 Å². The second-order valence-electron chi connectivity index (χ2n) is 5.67. The van der Waals surface area contributed by atoms with Crippen LogP contribution in [0.3, 0.4) is 0 Å². The van der Waals surface area contributed by atoms with Gasteiger partial charge in [-0.2, -0.15) is 0 Å². The number of rotatable bonds is 5. The number of amides is 1. The van der Waals surface area contributed by atoms with Crippen molar-refractivity contribution in [3.05, 3.63) is 24.3 Å². The van der Waals surface area contributed by atoms with Crippen LogP contribution in [0.2, 0.25) is 0 Å². The molecule has 0 aliphatic carbocycles. The number of methoxy groups -OCH3 is 1. The molecule has 2 unspecified atom stereocenters. The molecule has 0 aromatic heterocycles. The van der Waals surface area contributed by atoms with E-state index in [4.69, 9.17) is 10.5 Å². The van der Waals surface area contributed by atoms with Crippen molar-refractivity contribution in [3.8, 4) is 5.75 Å². The van der Waals surface area contributed by atoms with E-state index in [0.717, 1.165) is 31.6 Å². The van der Waals surface area contributed by atoms with Crippen LogP contribution in [0, 0.1) is 0 Å². The van der Waals surface area contributed by atoms with Gasteiger partial charge in [-0.3, -0.25) is 4.79 Å². The minimum absolute atomic E-state index is 0.0153. The maximum Gasteiger partial charge on any atom is 0.225 e. The third-order valence-electron chi connectivity index (χ3n) is 4.06. The highest BCUT2D eigenvalue weighted by Crippen LogP contribution is 2.23. The highest BCUT2D eigenvalue weighted by molar-refractivity contribution is 5.92. The molecule has 1 saturated heterocycles. The first kappa shape index (κ1) is 15.8. The molecule has 2 rings (SSSR count).